The number of allylic oxidation sites excluding steroid dienone is 1. The number of β-lactam (4-membered cyclic amide) rings is 1. The fourth-order valence-corrected chi connectivity index (χ4v) is 6.89. The maximum Gasteiger partial charge on any atom is 0.232 e. The molecule has 0 aromatic rings. The predicted molar refractivity (Wildman–Crippen MR) is 72.9 cm³/mol. The Morgan fingerprint density at radius 1 is 1.16 bits per heavy atom. The van der Waals surface area contributed by atoms with E-state index in [1.54, 1.807) is 6.08 Å². The Balaban J connectivity index is 1.52. The van der Waals surface area contributed by atoms with Gasteiger partial charge in [0.2, 0.25) is 5.91 Å². The molecular weight excluding hydrogens is 234 g/mol. The van der Waals surface area contributed by atoms with Gasteiger partial charge in [0.15, 0.2) is 0 Å². The molecule has 0 N–H and O–H groups in total. The van der Waals surface area contributed by atoms with Gasteiger partial charge in [0.1, 0.15) is 0 Å². The first kappa shape index (κ1) is 10.7. The largest absolute Gasteiger partial charge is 0.309 e. The van der Waals surface area contributed by atoms with Crippen LogP contribution in [-0.4, -0.2) is 16.8 Å². The van der Waals surface area contributed by atoms with E-state index in [4.69, 9.17) is 0 Å². The Morgan fingerprint density at radius 2 is 1.84 bits per heavy atom. The van der Waals surface area contributed by atoms with E-state index in [2.05, 4.69) is 13.2 Å². The minimum Gasteiger partial charge on any atom is -0.309 e. The van der Waals surface area contributed by atoms with Crippen molar-refractivity contribution in [2.24, 2.45) is 41.4 Å². The molecule has 1 heterocycles. The Labute approximate surface area is 114 Å². The lowest BCUT2D eigenvalue weighted by atomic mass is 9.62. The van der Waals surface area contributed by atoms with Gasteiger partial charge in [-0.1, -0.05) is 13.2 Å². The summed E-state index contributed by atoms with van der Waals surface area (Å²) in [6.45, 7) is 7.80. The first-order chi connectivity index (χ1) is 9.22. The van der Waals surface area contributed by atoms with Crippen LogP contribution in [0.25, 0.3) is 0 Å². The average molecular weight is 255 g/mol. The van der Waals surface area contributed by atoms with Crippen LogP contribution < -0.4 is 0 Å². The van der Waals surface area contributed by atoms with Crippen molar-refractivity contribution in [1.82, 2.24) is 4.90 Å². The maximum atomic E-state index is 12.4. The van der Waals surface area contributed by atoms with E-state index in [1.165, 1.54) is 25.7 Å². The molecule has 19 heavy (non-hydrogen) atoms. The van der Waals surface area contributed by atoms with Crippen LogP contribution in [0.3, 0.4) is 0 Å². The molecule has 0 radical (unpaired) electrons. The fraction of sp³-hybridized carbons (Fsp3) is 0.706. The van der Waals surface area contributed by atoms with Gasteiger partial charge < -0.3 is 4.90 Å². The van der Waals surface area contributed by atoms with E-state index in [1.807, 2.05) is 4.90 Å². The first-order valence-electron chi connectivity index (χ1n) is 7.86. The number of amides is 1. The molecule has 4 aliphatic carbocycles. The Hall–Kier alpha value is -1.05. The number of carbonyl (C=O) groups excluding carboxylic acids is 1. The van der Waals surface area contributed by atoms with Crippen molar-refractivity contribution >= 4 is 5.91 Å². The van der Waals surface area contributed by atoms with Crippen LogP contribution >= 0.6 is 0 Å². The van der Waals surface area contributed by atoms with E-state index < -0.39 is 0 Å². The summed E-state index contributed by atoms with van der Waals surface area (Å²) >= 11 is 0. The highest BCUT2D eigenvalue weighted by molar-refractivity contribution is 5.89. The zero-order valence-electron chi connectivity index (χ0n) is 11.3. The van der Waals surface area contributed by atoms with Gasteiger partial charge in [-0.25, -0.2) is 0 Å². The van der Waals surface area contributed by atoms with Crippen molar-refractivity contribution < 1.29 is 4.79 Å². The second kappa shape index (κ2) is 3.16. The third-order valence-electron chi connectivity index (χ3n) is 7.21. The SMILES string of the molecule is C=CC(=C)N1C(=O)C2C3CC(C4C5CCC(C5)C34)C21. The number of fused-ring (bicyclic) bond motifs is 12. The molecule has 1 aliphatic heterocycles. The zero-order chi connectivity index (χ0) is 12.9. The summed E-state index contributed by atoms with van der Waals surface area (Å²) in [4.78, 5) is 14.4. The van der Waals surface area contributed by atoms with Crippen molar-refractivity contribution in [2.45, 2.75) is 31.7 Å². The maximum absolute atomic E-state index is 12.4. The molecule has 8 unspecified atom stereocenters. The molecule has 4 saturated carbocycles. The normalized spacial score (nSPS) is 56.0. The summed E-state index contributed by atoms with van der Waals surface area (Å²) < 4.78 is 0. The summed E-state index contributed by atoms with van der Waals surface area (Å²) in [5, 5.41) is 0. The Bertz CT molecular complexity index is 509. The molecule has 5 aliphatic rings. The minimum absolute atomic E-state index is 0.349. The molecule has 0 aromatic heterocycles. The molecule has 2 heteroatoms. The van der Waals surface area contributed by atoms with E-state index >= 15 is 0 Å². The summed E-state index contributed by atoms with van der Waals surface area (Å²) in [7, 11) is 0. The van der Waals surface area contributed by atoms with Crippen LogP contribution in [0, 0.1) is 41.4 Å². The molecule has 5 fully saturated rings. The molecule has 4 bridgehead atoms. The van der Waals surface area contributed by atoms with Crippen LogP contribution in [0.1, 0.15) is 25.7 Å². The fourth-order valence-electron chi connectivity index (χ4n) is 6.89. The molecule has 5 rings (SSSR count). The molecule has 100 valence electrons. The first-order valence-corrected chi connectivity index (χ1v) is 7.86. The third kappa shape index (κ3) is 0.987. The topological polar surface area (TPSA) is 20.3 Å². The highest BCUT2D eigenvalue weighted by Crippen LogP contribution is 2.71. The average Bonchev–Trinajstić information content (AvgIpc) is 3.13. The van der Waals surface area contributed by atoms with Crippen molar-refractivity contribution in [1.29, 1.82) is 0 Å². The van der Waals surface area contributed by atoms with E-state index in [-0.39, 0.29) is 0 Å². The number of carbonyl (C=O) groups is 1. The van der Waals surface area contributed by atoms with Gasteiger partial charge in [-0.2, -0.15) is 0 Å². The summed E-state index contributed by atoms with van der Waals surface area (Å²) in [5.41, 5.74) is 0.832. The van der Waals surface area contributed by atoms with Gasteiger partial charge in [0.05, 0.1) is 12.0 Å². The molecule has 1 saturated heterocycles. The standard InChI is InChI=1S/C17H21NO/c1-3-8(2)18-16-12-7-11(15(16)17(18)19)13-9-4-5-10(6-9)14(12)13/h3,9-16H,1-2,4-7H2. The number of hydrogen-bond acceptors (Lipinski definition) is 1. The van der Waals surface area contributed by atoms with E-state index in [9.17, 15) is 4.79 Å². The third-order valence-corrected chi connectivity index (χ3v) is 7.21. The quantitative estimate of drug-likeness (QED) is 0.422. The lowest BCUT2D eigenvalue weighted by molar-refractivity contribution is -0.161. The van der Waals surface area contributed by atoms with Gasteiger partial charge >= 0.3 is 0 Å². The number of hydrogen-bond donors (Lipinski definition) is 0. The minimum atomic E-state index is 0.349. The van der Waals surface area contributed by atoms with Crippen LogP contribution in [0.2, 0.25) is 0 Å². The Morgan fingerprint density at radius 3 is 2.53 bits per heavy atom. The molecule has 0 spiro atoms. The summed E-state index contributed by atoms with van der Waals surface area (Å²) in [5.74, 6) is 6.01. The lowest BCUT2D eigenvalue weighted by Gasteiger charge is -2.54. The highest BCUT2D eigenvalue weighted by Gasteiger charge is 2.72. The van der Waals surface area contributed by atoms with Crippen LogP contribution in [0.15, 0.2) is 24.9 Å². The van der Waals surface area contributed by atoms with E-state index in [0.717, 1.165) is 41.2 Å². The van der Waals surface area contributed by atoms with Crippen molar-refractivity contribution in [2.75, 3.05) is 0 Å². The van der Waals surface area contributed by atoms with Gasteiger partial charge in [0.25, 0.3) is 0 Å². The number of likely N-dealkylation sites (tertiary alicyclic amines) is 1. The predicted octanol–water partition coefficient (Wildman–Crippen LogP) is 2.83. The lowest BCUT2D eigenvalue weighted by Crippen LogP contribution is -2.65. The molecule has 0 aromatic carbocycles. The van der Waals surface area contributed by atoms with Crippen molar-refractivity contribution in [3.8, 4) is 0 Å². The van der Waals surface area contributed by atoms with Crippen LogP contribution in [0.4, 0.5) is 0 Å². The van der Waals surface area contributed by atoms with Gasteiger partial charge in [-0.15, -0.1) is 0 Å². The van der Waals surface area contributed by atoms with Crippen molar-refractivity contribution in [3.05, 3.63) is 24.9 Å². The monoisotopic (exact) mass is 255 g/mol. The van der Waals surface area contributed by atoms with Gasteiger partial charge in [-0.05, 0) is 67.3 Å². The molecule has 2 nitrogen and oxygen atoms in total. The number of rotatable bonds is 2. The smallest absolute Gasteiger partial charge is 0.232 e. The number of nitrogens with zero attached hydrogens (tertiary/aromatic N) is 1. The summed E-state index contributed by atoms with van der Waals surface area (Å²) in [6.07, 6.45) is 7.45. The summed E-state index contributed by atoms with van der Waals surface area (Å²) in [6, 6.07) is 0.489. The van der Waals surface area contributed by atoms with Crippen LogP contribution in [-0.2, 0) is 4.79 Å². The molecule has 8 atom stereocenters. The zero-order valence-corrected chi connectivity index (χ0v) is 11.3. The molecular formula is C17H21NO. The Kier molecular flexibility index (Phi) is 1.78. The molecule has 1 amide bonds. The van der Waals surface area contributed by atoms with Crippen LogP contribution in [0.5, 0.6) is 0 Å². The van der Waals surface area contributed by atoms with Crippen molar-refractivity contribution in [3.63, 3.8) is 0 Å². The second-order valence-corrected chi connectivity index (χ2v) is 7.47. The van der Waals surface area contributed by atoms with E-state index in [0.29, 0.717) is 17.9 Å². The second-order valence-electron chi connectivity index (χ2n) is 7.47. The highest BCUT2D eigenvalue weighted by atomic mass is 16.2. The van der Waals surface area contributed by atoms with Gasteiger partial charge in [0, 0.05) is 5.70 Å². The van der Waals surface area contributed by atoms with Gasteiger partial charge in [-0.3, -0.25) is 4.79 Å².